The van der Waals surface area contributed by atoms with Crippen LogP contribution in [0.1, 0.15) is 43.6 Å². The van der Waals surface area contributed by atoms with Crippen molar-refractivity contribution in [3.05, 3.63) is 76.5 Å². The van der Waals surface area contributed by atoms with Gasteiger partial charge in [-0.1, -0.05) is 0 Å². The normalized spacial score (nSPS) is 11.1. The molecule has 0 atom stereocenters. The van der Waals surface area contributed by atoms with Gasteiger partial charge in [0.05, 0.1) is 17.5 Å². The topological polar surface area (TPSA) is 96.8 Å². The Morgan fingerprint density at radius 1 is 1.07 bits per heavy atom. The lowest BCUT2D eigenvalue weighted by Gasteiger charge is -2.14. The van der Waals surface area contributed by atoms with Crippen LogP contribution in [0.15, 0.2) is 52.0 Å². The van der Waals surface area contributed by atoms with E-state index in [1.54, 1.807) is 22.8 Å². The van der Waals surface area contributed by atoms with E-state index in [0.29, 0.717) is 17.0 Å². The summed E-state index contributed by atoms with van der Waals surface area (Å²) in [6.07, 6.45) is 1.40. The lowest BCUT2D eigenvalue weighted by Crippen LogP contribution is -2.19. The van der Waals surface area contributed by atoms with Gasteiger partial charge in [-0.15, -0.1) is 0 Å². The molecular weight excluding hydrogens is 346 g/mol. The van der Waals surface area contributed by atoms with Crippen LogP contribution < -0.4 is 5.43 Å². The lowest BCUT2D eigenvalue weighted by molar-refractivity contribution is 0.0696. The Bertz CT molecular complexity index is 1020. The summed E-state index contributed by atoms with van der Waals surface area (Å²) < 4.78 is 7.14. The van der Waals surface area contributed by atoms with Crippen molar-refractivity contribution >= 4 is 18.1 Å². The summed E-state index contributed by atoms with van der Waals surface area (Å²) in [6.45, 7) is 5.56. The van der Waals surface area contributed by atoms with Crippen molar-refractivity contribution < 1.29 is 19.1 Å². The van der Waals surface area contributed by atoms with Gasteiger partial charge in [0, 0.05) is 17.0 Å². The maximum absolute atomic E-state index is 12.4. The highest BCUT2D eigenvalue weighted by Crippen LogP contribution is 2.22. The molecule has 0 aliphatic heterocycles. The lowest BCUT2D eigenvalue weighted by atomic mass is 10.1. The van der Waals surface area contributed by atoms with E-state index in [1.165, 1.54) is 18.3 Å². The second kappa shape index (κ2) is 7.33. The molecule has 1 amide bonds. The third-order valence-electron chi connectivity index (χ3n) is 4.12. The van der Waals surface area contributed by atoms with Crippen LogP contribution in [0.4, 0.5) is 0 Å². The Kier molecular flexibility index (Phi) is 4.94. The number of carboxylic acid groups (broad SMARTS) is 1. The van der Waals surface area contributed by atoms with Gasteiger partial charge in [0.1, 0.15) is 11.5 Å². The SMILES string of the molecule is Cc1ccc(/C=N/NC(=O)c2ccc(C(=O)O)c(-n3c(C)ccc3C)c2)o1. The van der Waals surface area contributed by atoms with E-state index >= 15 is 0 Å². The predicted octanol–water partition coefficient (Wildman–Crippen LogP) is 3.46. The number of furan rings is 1. The first-order valence-corrected chi connectivity index (χ1v) is 8.29. The van der Waals surface area contributed by atoms with Crippen molar-refractivity contribution in [2.75, 3.05) is 0 Å². The molecule has 7 heteroatoms. The van der Waals surface area contributed by atoms with Crippen LogP contribution in [-0.2, 0) is 0 Å². The fraction of sp³-hybridized carbons (Fsp3) is 0.150. The molecule has 0 aliphatic rings. The molecular formula is C20H19N3O4. The summed E-state index contributed by atoms with van der Waals surface area (Å²) in [6, 6.07) is 11.7. The van der Waals surface area contributed by atoms with Gasteiger partial charge in [-0.2, -0.15) is 5.10 Å². The number of carboxylic acids is 1. The molecule has 0 unspecified atom stereocenters. The monoisotopic (exact) mass is 365 g/mol. The number of carbonyl (C=O) groups is 2. The zero-order chi connectivity index (χ0) is 19.6. The first-order valence-electron chi connectivity index (χ1n) is 8.29. The average Bonchev–Trinajstić information content (AvgIpc) is 3.19. The smallest absolute Gasteiger partial charge is 0.337 e. The number of amides is 1. The molecule has 0 aliphatic carbocycles. The van der Waals surface area contributed by atoms with Crippen LogP contribution in [0.25, 0.3) is 5.69 Å². The van der Waals surface area contributed by atoms with E-state index < -0.39 is 11.9 Å². The van der Waals surface area contributed by atoms with E-state index in [-0.39, 0.29) is 5.56 Å². The molecule has 0 bridgehead atoms. The number of rotatable bonds is 5. The first kappa shape index (κ1) is 18.2. The highest BCUT2D eigenvalue weighted by Gasteiger charge is 2.17. The Morgan fingerprint density at radius 2 is 1.78 bits per heavy atom. The van der Waals surface area contributed by atoms with Crippen LogP contribution in [0.5, 0.6) is 0 Å². The molecule has 2 heterocycles. The largest absolute Gasteiger partial charge is 0.478 e. The van der Waals surface area contributed by atoms with Crippen LogP contribution >= 0.6 is 0 Å². The molecule has 0 saturated heterocycles. The molecule has 3 aromatic rings. The maximum atomic E-state index is 12.4. The number of hydrogen-bond donors (Lipinski definition) is 2. The van der Waals surface area contributed by atoms with E-state index in [4.69, 9.17) is 4.42 Å². The molecule has 0 fully saturated rings. The molecule has 0 radical (unpaired) electrons. The van der Waals surface area contributed by atoms with Gasteiger partial charge in [-0.05, 0) is 63.2 Å². The van der Waals surface area contributed by atoms with Crippen molar-refractivity contribution in [3.8, 4) is 5.69 Å². The fourth-order valence-electron chi connectivity index (χ4n) is 2.83. The molecule has 2 N–H and O–H groups in total. The van der Waals surface area contributed by atoms with Gasteiger partial charge in [-0.3, -0.25) is 4.79 Å². The number of aromatic carboxylic acids is 1. The zero-order valence-electron chi connectivity index (χ0n) is 15.2. The van der Waals surface area contributed by atoms with E-state index in [9.17, 15) is 14.7 Å². The van der Waals surface area contributed by atoms with Gasteiger partial charge < -0.3 is 14.1 Å². The minimum absolute atomic E-state index is 0.114. The minimum atomic E-state index is -1.06. The van der Waals surface area contributed by atoms with E-state index in [0.717, 1.165) is 17.1 Å². The Labute approximate surface area is 155 Å². The second-order valence-corrected chi connectivity index (χ2v) is 6.14. The number of nitrogens with one attached hydrogen (secondary N) is 1. The minimum Gasteiger partial charge on any atom is -0.478 e. The number of aromatic nitrogens is 1. The number of aryl methyl sites for hydroxylation is 3. The van der Waals surface area contributed by atoms with Gasteiger partial charge in [0.2, 0.25) is 0 Å². The number of nitrogens with zero attached hydrogens (tertiary/aromatic N) is 2. The van der Waals surface area contributed by atoms with E-state index in [2.05, 4.69) is 10.5 Å². The van der Waals surface area contributed by atoms with Crippen molar-refractivity contribution in [2.45, 2.75) is 20.8 Å². The van der Waals surface area contributed by atoms with Crippen LogP contribution in [0, 0.1) is 20.8 Å². The third-order valence-corrected chi connectivity index (χ3v) is 4.12. The molecule has 3 rings (SSSR count). The highest BCUT2D eigenvalue weighted by molar-refractivity contribution is 5.98. The molecule has 0 spiro atoms. The van der Waals surface area contributed by atoms with Crippen molar-refractivity contribution in [1.82, 2.24) is 9.99 Å². The molecule has 27 heavy (non-hydrogen) atoms. The van der Waals surface area contributed by atoms with Crippen LogP contribution in [-0.4, -0.2) is 27.8 Å². The Morgan fingerprint density at radius 3 is 2.37 bits per heavy atom. The van der Waals surface area contributed by atoms with Gasteiger partial charge in [-0.25, -0.2) is 10.2 Å². The summed E-state index contributed by atoms with van der Waals surface area (Å²) in [4.78, 5) is 24.0. The average molecular weight is 365 g/mol. The first-order chi connectivity index (χ1) is 12.9. The van der Waals surface area contributed by atoms with Crippen molar-refractivity contribution in [2.24, 2.45) is 5.10 Å². The maximum Gasteiger partial charge on any atom is 0.337 e. The van der Waals surface area contributed by atoms with E-state index in [1.807, 2.05) is 32.9 Å². The summed E-state index contributed by atoms with van der Waals surface area (Å²) >= 11 is 0. The molecule has 7 nitrogen and oxygen atoms in total. The summed E-state index contributed by atoms with van der Waals surface area (Å²) in [7, 11) is 0. The van der Waals surface area contributed by atoms with Crippen LogP contribution in [0.3, 0.4) is 0 Å². The Balaban J connectivity index is 1.90. The summed E-state index contributed by atoms with van der Waals surface area (Å²) in [5, 5.41) is 13.4. The third kappa shape index (κ3) is 3.82. The molecule has 1 aromatic carbocycles. The molecule has 138 valence electrons. The number of benzene rings is 1. The second-order valence-electron chi connectivity index (χ2n) is 6.14. The van der Waals surface area contributed by atoms with Gasteiger partial charge in [0.25, 0.3) is 5.91 Å². The molecule has 0 saturated carbocycles. The highest BCUT2D eigenvalue weighted by atomic mass is 16.4. The quantitative estimate of drug-likeness (QED) is 0.534. The van der Waals surface area contributed by atoms with Crippen molar-refractivity contribution in [1.29, 1.82) is 0 Å². The standard InChI is InChI=1S/C20H19N3O4/c1-12-4-5-13(2)23(12)18-10-15(7-9-17(18)20(25)26)19(24)22-21-11-16-8-6-14(3)27-16/h4-11H,1-3H3,(H,22,24)(H,25,26)/b21-11+. The summed E-state index contributed by atoms with van der Waals surface area (Å²) in [5.41, 5.74) is 5.02. The fourth-order valence-corrected chi connectivity index (χ4v) is 2.83. The van der Waals surface area contributed by atoms with Gasteiger partial charge >= 0.3 is 5.97 Å². The summed E-state index contributed by atoms with van der Waals surface area (Å²) in [5.74, 6) is -0.242. The molecule has 2 aromatic heterocycles. The van der Waals surface area contributed by atoms with Crippen molar-refractivity contribution in [3.63, 3.8) is 0 Å². The van der Waals surface area contributed by atoms with Gasteiger partial charge in [0.15, 0.2) is 0 Å². The Hall–Kier alpha value is -3.61. The predicted molar refractivity (Wildman–Crippen MR) is 101 cm³/mol. The number of hydrogen-bond acceptors (Lipinski definition) is 4. The zero-order valence-corrected chi connectivity index (χ0v) is 15.2. The number of hydrazone groups is 1. The number of carbonyl (C=O) groups excluding carboxylic acids is 1. The van der Waals surface area contributed by atoms with Crippen LogP contribution in [0.2, 0.25) is 0 Å².